The van der Waals surface area contributed by atoms with E-state index >= 15 is 0 Å². The van der Waals surface area contributed by atoms with Gasteiger partial charge in [0.15, 0.2) is 5.96 Å². The lowest BCUT2D eigenvalue weighted by Gasteiger charge is -2.19. The number of benzene rings is 1. The van der Waals surface area contributed by atoms with Gasteiger partial charge in [0.05, 0.1) is 13.0 Å². The van der Waals surface area contributed by atoms with Gasteiger partial charge < -0.3 is 16.0 Å². The minimum absolute atomic E-state index is 0.155. The normalized spacial score (nSPS) is 11.3. The lowest BCUT2D eigenvalue weighted by Crippen LogP contribution is -2.37. The molecule has 0 saturated heterocycles. The first kappa shape index (κ1) is 16.9. The topological polar surface area (TPSA) is 70.7 Å². The molecule has 5 nitrogen and oxygen atoms in total. The van der Waals surface area contributed by atoms with Crippen LogP contribution in [0.2, 0.25) is 0 Å². The van der Waals surface area contributed by atoms with Crippen LogP contribution in [0.4, 0.5) is 4.39 Å². The third-order valence-electron chi connectivity index (χ3n) is 3.05. The van der Waals surface area contributed by atoms with Crippen molar-refractivity contribution in [3.8, 4) is 0 Å². The van der Waals surface area contributed by atoms with Gasteiger partial charge in [-0.1, -0.05) is 12.1 Å². The van der Waals surface area contributed by atoms with E-state index in [0.29, 0.717) is 24.6 Å². The summed E-state index contributed by atoms with van der Waals surface area (Å²) in [5, 5.41) is 2.74. The largest absolute Gasteiger partial charge is 0.370 e. The molecule has 0 bridgehead atoms. The summed E-state index contributed by atoms with van der Waals surface area (Å²) >= 11 is 0. The summed E-state index contributed by atoms with van der Waals surface area (Å²) in [4.78, 5) is 17.8. The molecule has 6 heteroatoms. The zero-order valence-corrected chi connectivity index (χ0v) is 12.6. The van der Waals surface area contributed by atoms with E-state index in [1.54, 1.807) is 12.1 Å². The van der Waals surface area contributed by atoms with E-state index in [2.05, 4.69) is 10.3 Å². The van der Waals surface area contributed by atoms with Crippen LogP contribution in [0.15, 0.2) is 29.3 Å². The van der Waals surface area contributed by atoms with E-state index in [1.165, 1.54) is 12.1 Å². The summed E-state index contributed by atoms with van der Waals surface area (Å²) in [6.45, 7) is 6.46. The first-order valence-corrected chi connectivity index (χ1v) is 7.12. The molecule has 1 aromatic rings. The quantitative estimate of drug-likeness (QED) is 0.450. The van der Waals surface area contributed by atoms with Gasteiger partial charge in [-0.05, 0) is 31.5 Å². The van der Waals surface area contributed by atoms with Crippen LogP contribution >= 0.6 is 0 Å². The van der Waals surface area contributed by atoms with Crippen molar-refractivity contribution in [3.63, 3.8) is 0 Å². The Morgan fingerprint density at radius 1 is 1.38 bits per heavy atom. The second kappa shape index (κ2) is 8.94. The maximum Gasteiger partial charge on any atom is 0.224 e. The zero-order valence-electron chi connectivity index (χ0n) is 12.6. The monoisotopic (exact) mass is 294 g/mol. The Hall–Kier alpha value is -2.11. The highest BCUT2D eigenvalue weighted by atomic mass is 19.1. The summed E-state index contributed by atoms with van der Waals surface area (Å²) in [7, 11) is 0. The molecule has 0 aliphatic heterocycles. The minimum Gasteiger partial charge on any atom is -0.370 e. The fourth-order valence-corrected chi connectivity index (χ4v) is 1.91. The van der Waals surface area contributed by atoms with Crippen LogP contribution < -0.4 is 11.1 Å². The first-order valence-electron chi connectivity index (χ1n) is 7.12. The highest BCUT2D eigenvalue weighted by Crippen LogP contribution is 2.03. The molecular formula is C15H23FN4O. The Balaban J connectivity index is 2.32. The number of carbonyl (C=O) groups excluding carboxylic acids is 1. The molecule has 3 N–H and O–H groups in total. The molecule has 1 aromatic carbocycles. The summed E-state index contributed by atoms with van der Waals surface area (Å²) < 4.78 is 13.0. The van der Waals surface area contributed by atoms with E-state index in [-0.39, 0.29) is 18.1 Å². The summed E-state index contributed by atoms with van der Waals surface area (Å²) in [5.41, 5.74) is 6.47. The van der Waals surface area contributed by atoms with Crippen molar-refractivity contribution in [2.24, 2.45) is 10.7 Å². The molecule has 1 rings (SSSR count). The molecule has 0 fully saturated rings. The van der Waals surface area contributed by atoms with Crippen LogP contribution in [0.25, 0.3) is 0 Å². The molecule has 116 valence electrons. The van der Waals surface area contributed by atoms with Crippen molar-refractivity contribution in [2.45, 2.75) is 20.3 Å². The minimum atomic E-state index is -0.336. The third-order valence-corrected chi connectivity index (χ3v) is 3.05. The second-order valence-electron chi connectivity index (χ2n) is 4.57. The highest BCUT2D eigenvalue weighted by molar-refractivity contribution is 5.79. The van der Waals surface area contributed by atoms with Crippen molar-refractivity contribution < 1.29 is 9.18 Å². The Labute approximate surface area is 125 Å². The maximum absolute atomic E-state index is 13.0. The number of hydrogen-bond acceptors (Lipinski definition) is 2. The van der Waals surface area contributed by atoms with Gasteiger partial charge in [0.25, 0.3) is 0 Å². The van der Waals surface area contributed by atoms with Gasteiger partial charge in [-0.25, -0.2) is 4.39 Å². The number of aliphatic imine (C=N–C) groups is 1. The summed E-state index contributed by atoms with van der Waals surface area (Å²) in [6.07, 6.45) is 0.160. The average Bonchev–Trinajstić information content (AvgIpc) is 2.45. The predicted octanol–water partition coefficient (Wildman–Crippen LogP) is 1.14. The molecule has 21 heavy (non-hydrogen) atoms. The van der Waals surface area contributed by atoms with Gasteiger partial charge in [-0.15, -0.1) is 0 Å². The fraction of sp³-hybridized carbons (Fsp3) is 0.467. The maximum atomic E-state index is 13.0. The molecule has 0 spiro atoms. The van der Waals surface area contributed by atoms with E-state index in [9.17, 15) is 9.18 Å². The molecule has 0 heterocycles. The van der Waals surface area contributed by atoms with E-state index in [1.807, 2.05) is 18.7 Å². The van der Waals surface area contributed by atoms with Crippen LogP contribution in [0.1, 0.15) is 19.4 Å². The fourth-order valence-electron chi connectivity index (χ4n) is 1.91. The van der Waals surface area contributed by atoms with Gasteiger partial charge in [0.2, 0.25) is 5.91 Å². The van der Waals surface area contributed by atoms with Gasteiger partial charge in [-0.2, -0.15) is 0 Å². The van der Waals surface area contributed by atoms with Crippen molar-refractivity contribution in [3.05, 3.63) is 35.6 Å². The van der Waals surface area contributed by atoms with Crippen LogP contribution in [-0.2, 0) is 11.2 Å². The molecule has 0 radical (unpaired) electrons. The number of nitrogens with zero attached hydrogens (tertiary/aromatic N) is 2. The SMILES string of the molecule is CCN(CC)C(N)=NCCNC(=O)Cc1cccc(F)c1. The number of carbonyl (C=O) groups is 1. The highest BCUT2D eigenvalue weighted by Gasteiger charge is 2.04. The Morgan fingerprint density at radius 2 is 2.10 bits per heavy atom. The number of halogens is 1. The van der Waals surface area contributed by atoms with Gasteiger partial charge in [-0.3, -0.25) is 9.79 Å². The Morgan fingerprint density at radius 3 is 2.71 bits per heavy atom. The predicted molar refractivity (Wildman–Crippen MR) is 82.5 cm³/mol. The van der Waals surface area contributed by atoms with E-state index < -0.39 is 0 Å². The lowest BCUT2D eigenvalue weighted by molar-refractivity contribution is -0.120. The first-order chi connectivity index (χ1) is 10.1. The average molecular weight is 294 g/mol. The van der Waals surface area contributed by atoms with Crippen molar-refractivity contribution in [1.82, 2.24) is 10.2 Å². The van der Waals surface area contributed by atoms with Crippen molar-refractivity contribution in [1.29, 1.82) is 0 Å². The van der Waals surface area contributed by atoms with Crippen LogP contribution in [0, 0.1) is 5.82 Å². The molecule has 0 atom stereocenters. The number of nitrogens with one attached hydrogen (secondary N) is 1. The second-order valence-corrected chi connectivity index (χ2v) is 4.57. The van der Waals surface area contributed by atoms with Crippen LogP contribution in [-0.4, -0.2) is 42.9 Å². The van der Waals surface area contributed by atoms with E-state index in [0.717, 1.165) is 13.1 Å². The van der Waals surface area contributed by atoms with E-state index in [4.69, 9.17) is 5.73 Å². The Bertz CT molecular complexity index is 486. The Kier molecular flexibility index (Phi) is 7.21. The third kappa shape index (κ3) is 6.25. The molecule has 0 saturated carbocycles. The standard InChI is InChI=1S/C15H23FN4O/c1-3-20(4-2)15(17)19-9-8-18-14(21)11-12-6-5-7-13(16)10-12/h5-7,10H,3-4,8-9,11H2,1-2H3,(H2,17,19)(H,18,21). The molecule has 0 unspecified atom stereocenters. The number of hydrogen-bond donors (Lipinski definition) is 2. The molecule has 1 amide bonds. The zero-order chi connectivity index (χ0) is 15.7. The molecule has 0 aliphatic rings. The smallest absolute Gasteiger partial charge is 0.224 e. The van der Waals surface area contributed by atoms with Gasteiger partial charge in [0, 0.05) is 19.6 Å². The lowest BCUT2D eigenvalue weighted by atomic mass is 10.1. The van der Waals surface area contributed by atoms with Crippen molar-refractivity contribution >= 4 is 11.9 Å². The number of rotatable bonds is 7. The number of amides is 1. The molecule has 0 aromatic heterocycles. The van der Waals surface area contributed by atoms with Crippen LogP contribution in [0.5, 0.6) is 0 Å². The van der Waals surface area contributed by atoms with Crippen LogP contribution in [0.3, 0.4) is 0 Å². The molecule has 0 aliphatic carbocycles. The molecular weight excluding hydrogens is 271 g/mol. The van der Waals surface area contributed by atoms with Crippen molar-refractivity contribution in [2.75, 3.05) is 26.2 Å². The number of guanidine groups is 1. The summed E-state index contributed by atoms with van der Waals surface area (Å²) in [6, 6.07) is 6.02. The number of nitrogens with two attached hydrogens (primary N) is 1. The van der Waals surface area contributed by atoms with Gasteiger partial charge >= 0.3 is 0 Å². The summed E-state index contributed by atoms with van der Waals surface area (Å²) in [5.74, 6) is -0.00603. The van der Waals surface area contributed by atoms with Gasteiger partial charge in [0.1, 0.15) is 5.82 Å².